The van der Waals surface area contributed by atoms with Crippen molar-refractivity contribution in [3.05, 3.63) is 0 Å². The zero-order valence-electron chi connectivity index (χ0n) is 9.69. The van der Waals surface area contributed by atoms with Gasteiger partial charge in [0, 0.05) is 0 Å². The molecule has 1 atom stereocenters. The van der Waals surface area contributed by atoms with Crippen molar-refractivity contribution >= 4 is 17.8 Å². The third-order valence-electron chi connectivity index (χ3n) is 2.23. The molecule has 2 amide bonds. The monoisotopic (exact) mass is 582 g/mol. The molecule has 0 aromatic heterocycles. The van der Waals surface area contributed by atoms with Gasteiger partial charge in [-0.05, 0) is 0 Å². The van der Waals surface area contributed by atoms with Crippen LogP contribution in [-0.4, -0.2) is 40.1 Å². The van der Waals surface area contributed by atoms with E-state index in [4.69, 9.17) is 4.84 Å². The predicted octanol–water partition coefficient (Wildman–Crippen LogP) is -0.285. The number of amides is 2. The molecular formula is C9H12N2O4RfRh. The molecule has 0 saturated carbocycles. The number of imide groups is 1. The van der Waals surface area contributed by atoms with E-state index < -0.39 is 23.7 Å². The maximum absolute atomic E-state index is 11.9. The molecule has 0 aromatic carbocycles. The van der Waals surface area contributed by atoms with E-state index in [0.29, 0.717) is 11.6 Å². The second-order valence-electron chi connectivity index (χ2n) is 4.25. The van der Waals surface area contributed by atoms with Gasteiger partial charge in [0.2, 0.25) is 0 Å². The summed E-state index contributed by atoms with van der Waals surface area (Å²) in [6, 6.07) is 0. The number of carbonyl (C=O) groups excluding carboxylic acids is 3. The Morgan fingerprint density at radius 1 is 1.53 bits per heavy atom. The average Bonchev–Trinajstić information content (AvgIpc) is 2.47. The molecule has 0 spiro atoms. The van der Waals surface area contributed by atoms with E-state index in [-0.39, 0.29) is 12.8 Å². The van der Waals surface area contributed by atoms with Gasteiger partial charge in [0.25, 0.3) is 0 Å². The number of nitrogens with zero attached hydrogens (tertiary/aromatic N) is 2. The van der Waals surface area contributed by atoms with Gasteiger partial charge in [-0.2, -0.15) is 0 Å². The van der Waals surface area contributed by atoms with E-state index in [1.54, 1.807) is 10.6 Å². The third-order valence-corrected chi connectivity index (χ3v) is 4.81. The molecule has 8 heteroatoms. The van der Waals surface area contributed by atoms with E-state index in [1.165, 1.54) is 0 Å². The summed E-state index contributed by atoms with van der Waals surface area (Å²) in [7, 11) is 1.82. The van der Waals surface area contributed by atoms with Gasteiger partial charge in [-0.15, -0.1) is 0 Å². The predicted molar refractivity (Wildman–Crippen MR) is 48.2 cm³/mol. The topological polar surface area (TPSA) is 66.9 Å². The van der Waals surface area contributed by atoms with Crippen molar-refractivity contribution in [1.29, 1.82) is 0 Å². The Balaban J connectivity index is 2.65. The summed E-state index contributed by atoms with van der Waals surface area (Å²) in [6.07, 6.45) is 0.246. The Morgan fingerprint density at radius 3 is 2.41 bits per heavy atom. The summed E-state index contributed by atoms with van der Waals surface area (Å²) in [5, 5.41) is 0.608. The SMILES string of the molecule is C[N]([Rh])C[C](C)([Rf])C(=O)ON1C(=O)CCC1=O. The van der Waals surface area contributed by atoms with Crippen LogP contribution in [0.2, 0.25) is 5.92 Å². The molecule has 1 fully saturated rings. The zero-order valence-corrected chi connectivity index (χ0v) is 17.7. The van der Waals surface area contributed by atoms with Gasteiger partial charge in [-0.3, -0.25) is 0 Å². The van der Waals surface area contributed by atoms with Crippen molar-refractivity contribution < 1.29 is 37.8 Å². The van der Waals surface area contributed by atoms with Gasteiger partial charge in [-0.25, -0.2) is 0 Å². The van der Waals surface area contributed by atoms with Gasteiger partial charge in [0.15, 0.2) is 0 Å². The summed E-state index contributed by atoms with van der Waals surface area (Å²) in [6.45, 7) is 2.30. The van der Waals surface area contributed by atoms with Gasteiger partial charge in [0.05, 0.1) is 0 Å². The molecule has 6 nitrogen and oxygen atoms in total. The average molecular weight is 582 g/mol. The van der Waals surface area contributed by atoms with Crippen LogP contribution in [0.15, 0.2) is 0 Å². The van der Waals surface area contributed by atoms with Crippen molar-refractivity contribution in [2.45, 2.75) is 25.7 Å². The second kappa shape index (κ2) is 4.59. The van der Waals surface area contributed by atoms with E-state index in [9.17, 15) is 14.4 Å². The van der Waals surface area contributed by atoms with Crippen LogP contribution >= 0.6 is 0 Å². The number of rotatable bonds is 4. The fraction of sp³-hybridized carbons (Fsp3) is 0.667. The Bertz CT molecular complexity index is 343. The van der Waals surface area contributed by atoms with Crippen molar-refractivity contribution in [2.75, 3.05) is 13.6 Å². The van der Waals surface area contributed by atoms with Crippen LogP contribution in [-0.2, 0) is 37.8 Å². The van der Waals surface area contributed by atoms with Gasteiger partial charge >= 0.3 is 104 Å². The number of hydrogen-bond acceptors (Lipinski definition) is 5. The van der Waals surface area contributed by atoms with Crippen LogP contribution in [0.5, 0.6) is 0 Å². The molecule has 0 aliphatic carbocycles. The van der Waals surface area contributed by atoms with Crippen LogP contribution in [0.25, 0.3) is 0 Å². The van der Waals surface area contributed by atoms with Crippen LogP contribution in [0.4, 0.5) is 0 Å². The summed E-state index contributed by atoms with van der Waals surface area (Å²) < 4.78 is 1.78. The molecule has 0 radical (unpaired) electrons. The minimum atomic E-state index is -0.589. The Labute approximate surface area is 104 Å². The molecule has 0 N–H and O–H groups in total. The molecule has 1 unspecified atom stereocenters. The Morgan fingerprint density at radius 2 is 2.00 bits per heavy atom. The van der Waals surface area contributed by atoms with E-state index in [0.717, 1.165) is 0 Å². The molecule has 0 aromatic rings. The molecular weight excluding hydrogens is 570 g/mol. The molecule has 1 heterocycles. The first-order valence-electron chi connectivity index (χ1n) is 5.02. The first-order valence-corrected chi connectivity index (χ1v) is 8.96. The number of hydroxylamine groups is 2. The van der Waals surface area contributed by atoms with Crippen LogP contribution in [0, 0.1) is 0 Å². The Kier molecular flexibility index (Phi) is 3.58. The number of carbonyl (C=O) groups is 3. The zero-order chi connectivity index (χ0) is 13.2. The second-order valence-corrected chi connectivity index (χ2v) is 12.6. The Hall–Kier alpha value is -1.81. The van der Waals surface area contributed by atoms with E-state index in [2.05, 4.69) is 18.5 Å². The fourth-order valence-corrected chi connectivity index (χ4v) is 5.25. The minimum absolute atomic E-state index is 0.00583. The molecule has 1 saturated heterocycles. The van der Waals surface area contributed by atoms with E-state index in [1.807, 2.05) is 7.05 Å². The maximum atomic E-state index is 11.9. The first kappa shape index (κ1) is 13.3. The normalized spacial score (nSPS) is 19.8. The molecule has 1 aliphatic rings. The van der Waals surface area contributed by atoms with Crippen molar-refractivity contribution in [3.8, 4) is 0 Å². The van der Waals surface area contributed by atoms with E-state index >= 15 is 0 Å². The van der Waals surface area contributed by atoms with Crippen molar-refractivity contribution in [3.63, 3.8) is 0 Å². The molecule has 93 valence electrons. The summed E-state index contributed by atoms with van der Waals surface area (Å²) in [5.74, 6) is -1.96. The van der Waals surface area contributed by atoms with Crippen LogP contribution in [0.1, 0.15) is 19.8 Å². The third kappa shape index (κ3) is 3.08. The fourth-order valence-electron chi connectivity index (χ4n) is 1.38. The molecule has 17 heavy (non-hydrogen) atoms. The van der Waals surface area contributed by atoms with Crippen molar-refractivity contribution in [2.24, 2.45) is 0 Å². The summed E-state index contributed by atoms with van der Waals surface area (Å²) >= 11 is 2.66. The van der Waals surface area contributed by atoms with Gasteiger partial charge in [0.1, 0.15) is 0 Å². The summed E-state index contributed by atoms with van der Waals surface area (Å²) in [4.78, 5) is 39.4. The molecule has 1 rings (SSSR count). The standard InChI is InChI=1S/C9H12N2O4.Rf.Rh/c1-6(5-10-2)9(14)15-11-7(12)3-4-8(11)13;;/h3-5H2,1-2H3;;/q-1;;+1. The quantitative estimate of drug-likeness (QED) is 0.337. The molecule has 1 aliphatic heterocycles. The summed E-state index contributed by atoms with van der Waals surface area (Å²) in [5.41, 5.74) is 0. The first-order chi connectivity index (χ1) is 7.74. The van der Waals surface area contributed by atoms with Crippen LogP contribution in [0.3, 0.4) is 0 Å². The van der Waals surface area contributed by atoms with Crippen molar-refractivity contribution in [1.82, 2.24) is 8.71 Å². The van der Waals surface area contributed by atoms with Crippen LogP contribution < -0.4 is 0 Å². The number of hydrogen-bond donors (Lipinski definition) is 0. The van der Waals surface area contributed by atoms with Gasteiger partial charge < -0.3 is 0 Å². The molecule has 0 bridgehead atoms. The van der Waals surface area contributed by atoms with Gasteiger partial charge in [-0.1, -0.05) is 0 Å².